The van der Waals surface area contributed by atoms with Gasteiger partial charge in [-0.3, -0.25) is 0 Å². The van der Waals surface area contributed by atoms with Crippen LogP contribution >= 0.6 is 0 Å². The van der Waals surface area contributed by atoms with Crippen molar-refractivity contribution in [2.75, 3.05) is 6.61 Å². The van der Waals surface area contributed by atoms with Crippen LogP contribution in [0.15, 0.2) is 12.3 Å². The topological polar surface area (TPSA) is 46.0 Å². The van der Waals surface area contributed by atoms with Crippen LogP contribution in [0.5, 0.6) is 0 Å². The molecule has 0 radical (unpaired) electrons. The molecular formula is C14H22N2O. The Morgan fingerprint density at radius 1 is 1.35 bits per heavy atom. The fourth-order valence-corrected chi connectivity index (χ4v) is 2.60. The Morgan fingerprint density at radius 2 is 2.12 bits per heavy atom. The van der Waals surface area contributed by atoms with E-state index in [0.717, 1.165) is 12.2 Å². The number of nitrogens with zero attached hydrogens (tertiary/aromatic N) is 2. The lowest BCUT2D eigenvalue weighted by Crippen LogP contribution is -2.12. The van der Waals surface area contributed by atoms with Gasteiger partial charge in [0.15, 0.2) is 0 Å². The first-order chi connectivity index (χ1) is 8.35. The van der Waals surface area contributed by atoms with Gasteiger partial charge in [-0.2, -0.15) is 0 Å². The molecule has 1 aliphatic rings. The molecule has 0 aromatic carbocycles. The molecule has 0 spiro atoms. The van der Waals surface area contributed by atoms with Crippen molar-refractivity contribution in [2.24, 2.45) is 0 Å². The third-order valence-electron chi connectivity index (χ3n) is 3.80. The average Bonchev–Trinajstić information content (AvgIpc) is 2.42. The average molecular weight is 234 g/mol. The zero-order valence-electron chi connectivity index (χ0n) is 10.6. The summed E-state index contributed by atoms with van der Waals surface area (Å²) in [6.45, 7) is 2.21. The van der Waals surface area contributed by atoms with Crippen LogP contribution in [0.3, 0.4) is 0 Å². The molecule has 1 fully saturated rings. The van der Waals surface area contributed by atoms with Gasteiger partial charge in [-0.05, 0) is 25.3 Å². The molecule has 1 atom stereocenters. The van der Waals surface area contributed by atoms with Crippen LogP contribution < -0.4 is 0 Å². The standard InChI is InChI=1S/C14H22N2O/c1-2-11(10-17)14-15-9-8-13(16-14)12-6-4-3-5-7-12/h8-9,11-12,17H,2-7,10H2,1H3. The number of aliphatic hydroxyl groups is 1. The lowest BCUT2D eigenvalue weighted by Gasteiger charge is -2.21. The fourth-order valence-electron chi connectivity index (χ4n) is 2.60. The molecule has 0 saturated heterocycles. The summed E-state index contributed by atoms with van der Waals surface area (Å²) in [4.78, 5) is 8.97. The SMILES string of the molecule is CCC(CO)c1nccc(C2CCCCC2)n1. The summed E-state index contributed by atoms with van der Waals surface area (Å²) >= 11 is 0. The molecule has 0 amide bonds. The van der Waals surface area contributed by atoms with Crippen molar-refractivity contribution in [2.45, 2.75) is 57.3 Å². The molecule has 1 N–H and O–H groups in total. The maximum absolute atomic E-state index is 9.30. The van der Waals surface area contributed by atoms with Crippen LogP contribution in [0.1, 0.15) is 68.8 Å². The Labute approximate surface area is 103 Å². The van der Waals surface area contributed by atoms with Crippen molar-refractivity contribution >= 4 is 0 Å². The minimum Gasteiger partial charge on any atom is -0.396 e. The van der Waals surface area contributed by atoms with E-state index in [0.29, 0.717) is 5.92 Å². The molecule has 1 aromatic heterocycles. The highest BCUT2D eigenvalue weighted by atomic mass is 16.3. The maximum Gasteiger partial charge on any atom is 0.133 e. The lowest BCUT2D eigenvalue weighted by atomic mass is 9.87. The van der Waals surface area contributed by atoms with E-state index in [4.69, 9.17) is 0 Å². The smallest absolute Gasteiger partial charge is 0.133 e. The molecule has 2 rings (SSSR count). The summed E-state index contributed by atoms with van der Waals surface area (Å²) in [6.07, 6.45) is 9.26. The predicted molar refractivity (Wildman–Crippen MR) is 68.0 cm³/mol. The van der Waals surface area contributed by atoms with E-state index in [9.17, 15) is 5.11 Å². The van der Waals surface area contributed by atoms with Gasteiger partial charge >= 0.3 is 0 Å². The second kappa shape index (κ2) is 6.10. The minimum absolute atomic E-state index is 0.0959. The highest BCUT2D eigenvalue weighted by Gasteiger charge is 2.19. The normalized spacial score (nSPS) is 19.2. The van der Waals surface area contributed by atoms with E-state index >= 15 is 0 Å². The van der Waals surface area contributed by atoms with Crippen LogP contribution in [0.4, 0.5) is 0 Å². The second-order valence-electron chi connectivity index (χ2n) is 4.96. The van der Waals surface area contributed by atoms with Crippen LogP contribution in [-0.2, 0) is 0 Å². The van der Waals surface area contributed by atoms with Crippen molar-refractivity contribution in [3.05, 3.63) is 23.8 Å². The molecule has 0 aliphatic heterocycles. The van der Waals surface area contributed by atoms with E-state index in [2.05, 4.69) is 16.9 Å². The minimum atomic E-state index is 0.0959. The van der Waals surface area contributed by atoms with E-state index in [1.165, 1.54) is 37.8 Å². The van der Waals surface area contributed by atoms with Gasteiger partial charge in [0, 0.05) is 23.7 Å². The van der Waals surface area contributed by atoms with Gasteiger partial charge in [-0.1, -0.05) is 26.2 Å². The summed E-state index contributed by atoms with van der Waals surface area (Å²) in [7, 11) is 0. The van der Waals surface area contributed by atoms with Gasteiger partial charge in [0.05, 0.1) is 6.61 Å². The summed E-state index contributed by atoms with van der Waals surface area (Å²) in [5, 5.41) is 9.30. The fraction of sp³-hybridized carbons (Fsp3) is 0.714. The number of aliphatic hydroxyl groups excluding tert-OH is 1. The van der Waals surface area contributed by atoms with Gasteiger partial charge in [-0.25, -0.2) is 9.97 Å². The van der Waals surface area contributed by atoms with Gasteiger partial charge < -0.3 is 5.11 Å². The summed E-state index contributed by atoms with van der Waals surface area (Å²) in [5.41, 5.74) is 1.18. The Morgan fingerprint density at radius 3 is 2.76 bits per heavy atom. The number of hydrogen-bond donors (Lipinski definition) is 1. The van der Waals surface area contributed by atoms with E-state index in [-0.39, 0.29) is 12.5 Å². The number of hydrogen-bond acceptors (Lipinski definition) is 3. The van der Waals surface area contributed by atoms with Gasteiger partial charge in [0.25, 0.3) is 0 Å². The molecule has 0 bridgehead atoms. The molecule has 94 valence electrons. The van der Waals surface area contributed by atoms with Crippen molar-refractivity contribution in [1.29, 1.82) is 0 Å². The van der Waals surface area contributed by atoms with E-state index in [1.807, 2.05) is 12.3 Å². The quantitative estimate of drug-likeness (QED) is 0.871. The predicted octanol–water partition coefficient (Wildman–Crippen LogP) is 3.01. The largest absolute Gasteiger partial charge is 0.396 e. The van der Waals surface area contributed by atoms with Gasteiger partial charge in [-0.15, -0.1) is 0 Å². The summed E-state index contributed by atoms with van der Waals surface area (Å²) < 4.78 is 0. The molecule has 1 aromatic rings. The highest BCUT2D eigenvalue weighted by molar-refractivity contribution is 5.11. The van der Waals surface area contributed by atoms with Crippen LogP contribution in [0.2, 0.25) is 0 Å². The molecular weight excluding hydrogens is 212 g/mol. The molecule has 1 aliphatic carbocycles. The Kier molecular flexibility index (Phi) is 4.49. The van der Waals surface area contributed by atoms with Crippen molar-refractivity contribution in [1.82, 2.24) is 9.97 Å². The first-order valence-electron chi connectivity index (χ1n) is 6.78. The van der Waals surface area contributed by atoms with Crippen molar-refractivity contribution in [3.63, 3.8) is 0 Å². The van der Waals surface area contributed by atoms with Crippen molar-refractivity contribution < 1.29 is 5.11 Å². The maximum atomic E-state index is 9.30. The molecule has 1 saturated carbocycles. The third kappa shape index (κ3) is 3.03. The molecule has 3 heteroatoms. The van der Waals surface area contributed by atoms with Gasteiger partial charge in [0.1, 0.15) is 5.82 Å². The van der Waals surface area contributed by atoms with Crippen LogP contribution in [-0.4, -0.2) is 21.7 Å². The Hall–Kier alpha value is -0.960. The van der Waals surface area contributed by atoms with Crippen molar-refractivity contribution in [3.8, 4) is 0 Å². The third-order valence-corrected chi connectivity index (χ3v) is 3.80. The monoisotopic (exact) mass is 234 g/mol. The number of aromatic nitrogens is 2. The molecule has 17 heavy (non-hydrogen) atoms. The van der Waals surface area contributed by atoms with Crippen LogP contribution in [0.25, 0.3) is 0 Å². The van der Waals surface area contributed by atoms with E-state index < -0.39 is 0 Å². The summed E-state index contributed by atoms with van der Waals surface area (Å²) in [5.74, 6) is 1.53. The second-order valence-corrected chi connectivity index (χ2v) is 4.96. The Balaban J connectivity index is 2.15. The highest BCUT2D eigenvalue weighted by Crippen LogP contribution is 2.31. The molecule has 1 heterocycles. The van der Waals surface area contributed by atoms with Crippen LogP contribution in [0, 0.1) is 0 Å². The molecule has 3 nitrogen and oxygen atoms in total. The van der Waals surface area contributed by atoms with E-state index in [1.54, 1.807) is 0 Å². The zero-order valence-corrected chi connectivity index (χ0v) is 10.6. The Bertz CT molecular complexity index is 344. The first kappa shape index (κ1) is 12.5. The zero-order chi connectivity index (χ0) is 12.1. The molecule has 1 unspecified atom stereocenters. The number of rotatable bonds is 4. The lowest BCUT2D eigenvalue weighted by molar-refractivity contribution is 0.257. The summed E-state index contributed by atoms with van der Waals surface area (Å²) in [6, 6.07) is 2.05. The van der Waals surface area contributed by atoms with Gasteiger partial charge in [0.2, 0.25) is 0 Å². The first-order valence-corrected chi connectivity index (χ1v) is 6.78.